The van der Waals surface area contributed by atoms with E-state index < -0.39 is 18.2 Å². The zero-order chi connectivity index (χ0) is 11.2. The van der Waals surface area contributed by atoms with E-state index in [2.05, 4.69) is 5.32 Å². The number of hydrogen-bond acceptors (Lipinski definition) is 2. The molecule has 0 aromatic carbocycles. The highest BCUT2D eigenvalue weighted by molar-refractivity contribution is 4.71. The van der Waals surface area contributed by atoms with Crippen LogP contribution < -0.4 is 5.32 Å². The Labute approximate surface area is 82.8 Å². The fourth-order valence-electron chi connectivity index (χ4n) is 0.920. The number of hydrogen-bond donors (Lipinski definition) is 1. The lowest BCUT2D eigenvalue weighted by atomic mass is 10.1. The first-order chi connectivity index (χ1) is 6.27. The third-order valence-electron chi connectivity index (χ3n) is 1.68. The predicted octanol–water partition coefficient (Wildman–Crippen LogP) is 2.34. The number of alkyl halides is 3. The Kier molecular flexibility index (Phi) is 5.44. The standard InChI is InChI=1S/C9H18F3NO/c1-4-13-7-8(2,3)14-6-5-9(10,11)12/h13H,4-7H2,1-3H3. The Morgan fingerprint density at radius 2 is 1.79 bits per heavy atom. The normalized spacial score (nSPS) is 13.3. The fourth-order valence-corrected chi connectivity index (χ4v) is 0.920. The molecule has 2 nitrogen and oxygen atoms in total. The molecule has 0 unspecified atom stereocenters. The van der Waals surface area contributed by atoms with E-state index in [0.29, 0.717) is 6.54 Å². The average Bonchev–Trinajstić information content (AvgIpc) is 1.98. The van der Waals surface area contributed by atoms with Crippen LogP contribution in [-0.4, -0.2) is 31.5 Å². The van der Waals surface area contributed by atoms with Crippen molar-refractivity contribution in [2.75, 3.05) is 19.7 Å². The molecule has 0 saturated heterocycles. The van der Waals surface area contributed by atoms with Crippen LogP contribution in [0.15, 0.2) is 0 Å². The van der Waals surface area contributed by atoms with Gasteiger partial charge < -0.3 is 10.1 Å². The van der Waals surface area contributed by atoms with Crippen molar-refractivity contribution in [2.45, 2.75) is 39.0 Å². The molecule has 5 heteroatoms. The Balaban J connectivity index is 3.65. The zero-order valence-electron chi connectivity index (χ0n) is 8.87. The van der Waals surface area contributed by atoms with E-state index in [1.165, 1.54) is 0 Å². The van der Waals surface area contributed by atoms with Gasteiger partial charge in [0.05, 0.1) is 18.6 Å². The molecule has 0 rings (SSSR count). The molecule has 1 N–H and O–H groups in total. The molecule has 0 aliphatic carbocycles. The van der Waals surface area contributed by atoms with E-state index in [9.17, 15) is 13.2 Å². The van der Waals surface area contributed by atoms with Gasteiger partial charge in [0.15, 0.2) is 0 Å². The van der Waals surface area contributed by atoms with Crippen molar-refractivity contribution in [3.8, 4) is 0 Å². The van der Waals surface area contributed by atoms with Crippen LogP contribution in [0.1, 0.15) is 27.2 Å². The number of rotatable bonds is 6. The van der Waals surface area contributed by atoms with Gasteiger partial charge in [-0.3, -0.25) is 0 Å². The summed E-state index contributed by atoms with van der Waals surface area (Å²) in [7, 11) is 0. The van der Waals surface area contributed by atoms with E-state index >= 15 is 0 Å². The topological polar surface area (TPSA) is 21.3 Å². The van der Waals surface area contributed by atoms with Crippen LogP contribution in [0.3, 0.4) is 0 Å². The molecule has 0 spiro atoms. The van der Waals surface area contributed by atoms with Crippen LogP contribution in [0, 0.1) is 0 Å². The first-order valence-electron chi connectivity index (χ1n) is 4.68. The number of ether oxygens (including phenoxy) is 1. The molecule has 0 aliphatic heterocycles. The molecule has 0 aromatic rings. The molecular formula is C9H18F3NO. The number of nitrogens with one attached hydrogen (secondary N) is 1. The van der Waals surface area contributed by atoms with Crippen molar-refractivity contribution in [1.29, 1.82) is 0 Å². The van der Waals surface area contributed by atoms with Gasteiger partial charge in [0.2, 0.25) is 0 Å². The summed E-state index contributed by atoms with van der Waals surface area (Å²) in [4.78, 5) is 0. The molecule has 0 bridgehead atoms. The lowest BCUT2D eigenvalue weighted by Crippen LogP contribution is -2.38. The molecule has 86 valence electrons. The lowest BCUT2D eigenvalue weighted by Gasteiger charge is -2.25. The van der Waals surface area contributed by atoms with Gasteiger partial charge in [0.25, 0.3) is 0 Å². The molecule has 0 saturated carbocycles. The summed E-state index contributed by atoms with van der Waals surface area (Å²) in [6.45, 7) is 6.54. The molecule has 0 radical (unpaired) electrons. The second-order valence-corrected chi connectivity index (χ2v) is 3.75. The lowest BCUT2D eigenvalue weighted by molar-refractivity contribution is -0.154. The quantitative estimate of drug-likeness (QED) is 0.731. The summed E-state index contributed by atoms with van der Waals surface area (Å²) in [6.07, 6.45) is -5.02. The maximum absolute atomic E-state index is 11.8. The van der Waals surface area contributed by atoms with E-state index in [4.69, 9.17) is 4.74 Å². The van der Waals surface area contributed by atoms with Crippen molar-refractivity contribution in [3.05, 3.63) is 0 Å². The van der Waals surface area contributed by atoms with Crippen molar-refractivity contribution in [2.24, 2.45) is 0 Å². The van der Waals surface area contributed by atoms with Gasteiger partial charge in [-0.1, -0.05) is 6.92 Å². The van der Waals surface area contributed by atoms with Gasteiger partial charge in [0.1, 0.15) is 0 Å². The Morgan fingerprint density at radius 3 is 2.21 bits per heavy atom. The maximum Gasteiger partial charge on any atom is 0.391 e. The SMILES string of the molecule is CCNCC(C)(C)OCCC(F)(F)F. The van der Waals surface area contributed by atoms with Crippen LogP contribution in [0.2, 0.25) is 0 Å². The van der Waals surface area contributed by atoms with Crippen molar-refractivity contribution in [1.82, 2.24) is 5.32 Å². The van der Waals surface area contributed by atoms with Crippen LogP contribution in [-0.2, 0) is 4.74 Å². The molecule has 0 aromatic heterocycles. The second kappa shape index (κ2) is 5.56. The van der Waals surface area contributed by atoms with Gasteiger partial charge in [-0.05, 0) is 20.4 Å². The Hall–Kier alpha value is -0.290. The highest BCUT2D eigenvalue weighted by atomic mass is 19.4. The largest absolute Gasteiger partial charge is 0.391 e. The molecule has 0 aliphatic rings. The van der Waals surface area contributed by atoms with Gasteiger partial charge in [-0.2, -0.15) is 13.2 Å². The summed E-state index contributed by atoms with van der Waals surface area (Å²) < 4.78 is 40.5. The highest BCUT2D eigenvalue weighted by Gasteiger charge is 2.28. The minimum Gasteiger partial charge on any atom is -0.374 e. The zero-order valence-corrected chi connectivity index (χ0v) is 8.87. The number of likely N-dealkylation sites (N-methyl/N-ethyl adjacent to an activating group) is 1. The van der Waals surface area contributed by atoms with Crippen molar-refractivity contribution >= 4 is 0 Å². The summed E-state index contributed by atoms with van der Waals surface area (Å²) in [6, 6.07) is 0. The highest BCUT2D eigenvalue weighted by Crippen LogP contribution is 2.20. The minimum absolute atomic E-state index is 0.276. The first kappa shape index (κ1) is 13.7. The molecule has 0 fully saturated rings. The molecule has 0 atom stereocenters. The summed E-state index contributed by atoms with van der Waals surface area (Å²) in [5.41, 5.74) is -0.540. The Bertz CT molecular complexity index is 157. The van der Waals surface area contributed by atoms with Gasteiger partial charge in [0, 0.05) is 6.54 Å². The van der Waals surface area contributed by atoms with Crippen LogP contribution in [0.4, 0.5) is 13.2 Å². The van der Waals surface area contributed by atoms with Gasteiger partial charge in [-0.15, -0.1) is 0 Å². The van der Waals surface area contributed by atoms with E-state index in [-0.39, 0.29) is 6.61 Å². The summed E-state index contributed by atoms with van der Waals surface area (Å²) in [5.74, 6) is 0. The molecule has 0 amide bonds. The van der Waals surface area contributed by atoms with Gasteiger partial charge in [-0.25, -0.2) is 0 Å². The molecular weight excluding hydrogens is 195 g/mol. The van der Waals surface area contributed by atoms with Crippen molar-refractivity contribution < 1.29 is 17.9 Å². The van der Waals surface area contributed by atoms with E-state index in [0.717, 1.165) is 6.54 Å². The average molecular weight is 213 g/mol. The summed E-state index contributed by atoms with van der Waals surface area (Å²) in [5, 5.41) is 3.03. The van der Waals surface area contributed by atoms with E-state index in [1.54, 1.807) is 13.8 Å². The third-order valence-corrected chi connectivity index (χ3v) is 1.68. The monoisotopic (exact) mass is 213 g/mol. The van der Waals surface area contributed by atoms with Crippen LogP contribution in [0.25, 0.3) is 0 Å². The third kappa shape index (κ3) is 8.31. The van der Waals surface area contributed by atoms with Crippen LogP contribution >= 0.6 is 0 Å². The fraction of sp³-hybridized carbons (Fsp3) is 1.00. The summed E-state index contributed by atoms with van der Waals surface area (Å²) >= 11 is 0. The van der Waals surface area contributed by atoms with Crippen molar-refractivity contribution in [3.63, 3.8) is 0 Å². The Morgan fingerprint density at radius 1 is 1.21 bits per heavy atom. The maximum atomic E-state index is 11.8. The smallest absolute Gasteiger partial charge is 0.374 e. The van der Waals surface area contributed by atoms with Crippen LogP contribution in [0.5, 0.6) is 0 Å². The van der Waals surface area contributed by atoms with Gasteiger partial charge >= 0.3 is 6.18 Å². The van der Waals surface area contributed by atoms with E-state index in [1.807, 2.05) is 6.92 Å². The second-order valence-electron chi connectivity index (χ2n) is 3.75. The first-order valence-corrected chi connectivity index (χ1v) is 4.68. The minimum atomic E-state index is -4.13. The number of halogens is 3. The predicted molar refractivity (Wildman–Crippen MR) is 49.2 cm³/mol. The molecule has 0 heterocycles. The molecule has 14 heavy (non-hydrogen) atoms.